The maximum Gasteiger partial charge on any atom is 0.220 e. The van der Waals surface area contributed by atoms with Gasteiger partial charge in [0.1, 0.15) is 0 Å². The molecule has 4 rings (SSSR count). The van der Waals surface area contributed by atoms with Crippen molar-refractivity contribution in [1.29, 1.82) is 0 Å². The molecule has 0 saturated heterocycles. The number of carbonyl (C=O) groups excluding carboxylic acids is 1. The molecule has 0 bridgehead atoms. The lowest BCUT2D eigenvalue weighted by molar-refractivity contribution is -0.121. The summed E-state index contributed by atoms with van der Waals surface area (Å²) in [6.45, 7) is 2.04. The van der Waals surface area contributed by atoms with E-state index in [0.717, 1.165) is 17.7 Å². The summed E-state index contributed by atoms with van der Waals surface area (Å²) in [5.74, 6) is 1.35. The van der Waals surface area contributed by atoms with Gasteiger partial charge in [0.2, 0.25) is 5.91 Å². The smallest absolute Gasteiger partial charge is 0.220 e. The first-order valence-corrected chi connectivity index (χ1v) is 10.1. The van der Waals surface area contributed by atoms with Gasteiger partial charge in [-0.2, -0.15) is 0 Å². The van der Waals surface area contributed by atoms with Crippen LogP contribution in [0.15, 0.2) is 59.1 Å². The van der Waals surface area contributed by atoms with Crippen LogP contribution in [0.3, 0.4) is 0 Å². The summed E-state index contributed by atoms with van der Waals surface area (Å²) >= 11 is 0. The first-order valence-electron chi connectivity index (χ1n) is 10.1. The third-order valence-electron chi connectivity index (χ3n) is 5.43. The zero-order valence-corrected chi connectivity index (χ0v) is 16.3. The largest absolute Gasteiger partial charge is 0.441 e. The van der Waals surface area contributed by atoms with Crippen molar-refractivity contribution in [2.24, 2.45) is 0 Å². The van der Waals surface area contributed by atoms with E-state index in [4.69, 9.17) is 4.42 Å². The summed E-state index contributed by atoms with van der Waals surface area (Å²) in [6.07, 6.45) is 7.46. The lowest BCUT2D eigenvalue weighted by Gasteiger charge is -2.20. The molecule has 0 aliphatic heterocycles. The van der Waals surface area contributed by atoms with Crippen LogP contribution in [0.25, 0.3) is 11.3 Å². The summed E-state index contributed by atoms with van der Waals surface area (Å²) in [5, 5.41) is 3.10. The summed E-state index contributed by atoms with van der Waals surface area (Å²) in [7, 11) is 0. The molecule has 1 N–H and O–H groups in total. The van der Waals surface area contributed by atoms with Gasteiger partial charge >= 0.3 is 0 Å². The number of hydrogen-bond donors (Lipinski definition) is 1. The fourth-order valence-corrected chi connectivity index (χ4v) is 3.80. The van der Waals surface area contributed by atoms with Crippen LogP contribution in [0.5, 0.6) is 0 Å². The van der Waals surface area contributed by atoms with E-state index in [1.54, 1.807) is 6.20 Å². The maximum atomic E-state index is 12.4. The van der Waals surface area contributed by atoms with Crippen molar-refractivity contribution >= 4 is 5.91 Å². The van der Waals surface area contributed by atoms with Crippen LogP contribution in [0.2, 0.25) is 0 Å². The number of aromatic nitrogens is 1. The maximum absolute atomic E-state index is 12.4. The fraction of sp³-hybridized carbons (Fsp3) is 0.333. The first kappa shape index (κ1) is 18.5. The monoisotopic (exact) mass is 374 g/mol. The molecular weight excluding hydrogens is 348 g/mol. The third-order valence-corrected chi connectivity index (χ3v) is 5.43. The van der Waals surface area contributed by atoms with Crippen molar-refractivity contribution in [1.82, 2.24) is 10.3 Å². The molecule has 1 atom stereocenters. The predicted octanol–water partition coefficient (Wildman–Crippen LogP) is 5.03. The molecule has 4 nitrogen and oxygen atoms in total. The van der Waals surface area contributed by atoms with Crippen LogP contribution in [0.1, 0.15) is 54.8 Å². The van der Waals surface area contributed by atoms with Crippen molar-refractivity contribution in [2.75, 3.05) is 0 Å². The van der Waals surface area contributed by atoms with E-state index in [2.05, 4.69) is 28.5 Å². The van der Waals surface area contributed by atoms with Crippen LogP contribution in [-0.2, 0) is 24.1 Å². The van der Waals surface area contributed by atoms with Gasteiger partial charge < -0.3 is 9.73 Å². The second-order valence-corrected chi connectivity index (χ2v) is 7.51. The van der Waals surface area contributed by atoms with Crippen LogP contribution in [-0.4, -0.2) is 10.9 Å². The average Bonchev–Trinajstić information content (AvgIpc) is 3.22. The SMILES string of the molecule is C[C@H](NC(=O)CCc1ncc(-c2ccccc2)o1)c1ccc2c(c1)CCCC2. The molecule has 3 aromatic rings. The Hall–Kier alpha value is -2.88. The topological polar surface area (TPSA) is 55.1 Å². The highest BCUT2D eigenvalue weighted by molar-refractivity contribution is 5.76. The second-order valence-electron chi connectivity index (χ2n) is 7.51. The van der Waals surface area contributed by atoms with Gasteiger partial charge in [-0.1, -0.05) is 48.5 Å². The number of amides is 1. The van der Waals surface area contributed by atoms with Gasteiger partial charge in [0.15, 0.2) is 11.7 Å². The molecule has 0 radical (unpaired) electrons. The quantitative estimate of drug-likeness (QED) is 0.658. The van der Waals surface area contributed by atoms with E-state index in [1.165, 1.54) is 36.0 Å². The summed E-state index contributed by atoms with van der Waals surface area (Å²) < 4.78 is 5.78. The van der Waals surface area contributed by atoms with Crippen molar-refractivity contribution in [3.63, 3.8) is 0 Å². The molecule has 1 aromatic heterocycles. The lowest BCUT2D eigenvalue weighted by atomic mass is 9.89. The Kier molecular flexibility index (Phi) is 5.56. The highest BCUT2D eigenvalue weighted by Gasteiger charge is 2.15. The van der Waals surface area contributed by atoms with E-state index in [1.807, 2.05) is 37.3 Å². The number of nitrogens with zero attached hydrogens (tertiary/aromatic N) is 1. The summed E-state index contributed by atoms with van der Waals surface area (Å²) in [4.78, 5) is 16.7. The van der Waals surface area contributed by atoms with E-state index < -0.39 is 0 Å². The molecule has 1 amide bonds. The van der Waals surface area contributed by atoms with Crippen molar-refractivity contribution in [3.05, 3.63) is 77.3 Å². The Morgan fingerprint density at radius 2 is 1.89 bits per heavy atom. The number of oxazole rings is 1. The molecule has 28 heavy (non-hydrogen) atoms. The number of rotatable bonds is 6. The van der Waals surface area contributed by atoms with E-state index >= 15 is 0 Å². The Morgan fingerprint density at radius 3 is 2.71 bits per heavy atom. The standard InChI is InChI=1S/C24H26N2O2/c1-17(20-12-11-18-7-5-6-10-21(18)15-20)26-23(27)13-14-24-25-16-22(28-24)19-8-3-2-4-9-19/h2-4,8-9,11-12,15-17H,5-7,10,13-14H2,1H3,(H,26,27)/t17-/m0/s1. The normalized spacial score (nSPS) is 14.3. The number of fused-ring (bicyclic) bond motifs is 1. The van der Waals surface area contributed by atoms with Gasteiger partial charge in [0, 0.05) is 18.4 Å². The van der Waals surface area contributed by atoms with Crippen molar-refractivity contribution < 1.29 is 9.21 Å². The zero-order chi connectivity index (χ0) is 19.3. The number of carbonyl (C=O) groups is 1. The van der Waals surface area contributed by atoms with Crippen LogP contribution in [0.4, 0.5) is 0 Å². The second kappa shape index (κ2) is 8.42. The van der Waals surface area contributed by atoms with Crippen LogP contribution >= 0.6 is 0 Å². The molecule has 1 heterocycles. The Balaban J connectivity index is 1.31. The molecular formula is C24H26N2O2. The van der Waals surface area contributed by atoms with Gasteiger partial charge in [-0.15, -0.1) is 0 Å². The van der Waals surface area contributed by atoms with E-state index in [0.29, 0.717) is 18.7 Å². The number of aryl methyl sites for hydroxylation is 3. The van der Waals surface area contributed by atoms with Crippen LogP contribution < -0.4 is 5.32 Å². The number of benzene rings is 2. The zero-order valence-electron chi connectivity index (χ0n) is 16.3. The predicted molar refractivity (Wildman–Crippen MR) is 110 cm³/mol. The highest BCUT2D eigenvalue weighted by atomic mass is 16.4. The van der Waals surface area contributed by atoms with E-state index in [9.17, 15) is 4.79 Å². The van der Waals surface area contributed by atoms with Gasteiger partial charge in [0.25, 0.3) is 0 Å². The van der Waals surface area contributed by atoms with Crippen molar-refractivity contribution in [3.8, 4) is 11.3 Å². The minimum atomic E-state index is 0.00386. The Bertz CT molecular complexity index is 946. The molecule has 0 spiro atoms. The third kappa shape index (κ3) is 4.33. The van der Waals surface area contributed by atoms with Gasteiger partial charge in [-0.25, -0.2) is 4.98 Å². The van der Waals surface area contributed by atoms with Gasteiger partial charge in [0.05, 0.1) is 12.2 Å². The molecule has 0 fully saturated rings. The Labute approximate surface area is 166 Å². The molecule has 1 aliphatic carbocycles. The van der Waals surface area contributed by atoms with Gasteiger partial charge in [-0.3, -0.25) is 4.79 Å². The van der Waals surface area contributed by atoms with Gasteiger partial charge in [-0.05, 0) is 49.3 Å². The minimum Gasteiger partial charge on any atom is -0.441 e. The first-order chi connectivity index (χ1) is 13.7. The minimum absolute atomic E-state index is 0.00386. The van der Waals surface area contributed by atoms with Crippen molar-refractivity contribution in [2.45, 2.75) is 51.5 Å². The molecule has 2 aromatic carbocycles. The lowest BCUT2D eigenvalue weighted by Crippen LogP contribution is -2.27. The Morgan fingerprint density at radius 1 is 1.11 bits per heavy atom. The average molecular weight is 374 g/mol. The summed E-state index contributed by atoms with van der Waals surface area (Å²) in [5.41, 5.74) is 5.08. The number of nitrogens with one attached hydrogen (secondary N) is 1. The summed E-state index contributed by atoms with van der Waals surface area (Å²) in [6, 6.07) is 16.5. The molecule has 0 unspecified atom stereocenters. The van der Waals surface area contributed by atoms with Crippen LogP contribution in [0, 0.1) is 0 Å². The number of hydrogen-bond acceptors (Lipinski definition) is 3. The molecule has 1 aliphatic rings. The molecule has 0 saturated carbocycles. The fourth-order valence-electron chi connectivity index (χ4n) is 3.80. The van der Waals surface area contributed by atoms with E-state index in [-0.39, 0.29) is 11.9 Å². The molecule has 144 valence electrons. The highest BCUT2D eigenvalue weighted by Crippen LogP contribution is 2.25. The molecule has 4 heteroatoms.